The Bertz CT molecular complexity index is 1460. The van der Waals surface area contributed by atoms with Gasteiger partial charge in [0.25, 0.3) is 0 Å². The zero-order valence-corrected chi connectivity index (χ0v) is 22.9. The summed E-state index contributed by atoms with van der Waals surface area (Å²) in [6, 6.07) is 24.4. The van der Waals surface area contributed by atoms with Crippen LogP contribution in [0.15, 0.2) is 97.3 Å². The number of benzene rings is 3. The third-order valence-electron chi connectivity index (χ3n) is 6.71. The molecule has 0 aliphatic rings. The summed E-state index contributed by atoms with van der Waals surface area (Å²) in [6.07, 6.45) is 3.48. The number of aryl methyl sites for hydroxylation is 1. The predicted octanol–water partition coefficient (Wildman–Crippen LogP) is 3.24. The third kappa shape index (κ3) is 8.36. The first-order valence-electron chi connectivity index (χ1n) is 13.5. The number of fused-ring (bicyclic) bond motifs is 1. The molecule has 41 heavy (non-hydrogen) atoms. The minimum absolute atomic E-state index is 0.0899. The van der Waals surface area contributed by atoms with Crippen LogP contribution in [-0.2, 0) is 32.1 Å². The fraction of sp³-hybridized carbons (Fsp3) is 0.250. The van der Waals surface area contributed by atoms with E-state index in [1.165, 1.54) is 11.7 Å². The molecule has 3 N–H and O–H groups in total. The van der Waals surface area contributed by atoms with Gasteiger partial charge < -0.3 is 20.7 Å². The van der Waals surface area contributed by atoms with Crippen LogP contribution in [-0.4, -0.2) is 54.0 Å². The van der Waals surface area contributed by atoms with Crippen LogP contribution >= 0.6 is 0 Å². The number of hydrogen-bond donors (Lipinski definition) is 3. The van der Waals surface area contributed by atoms with Crippen molar-refractivity contribution in [3.8, 4) is 0 Å². The summed E-state index contributed by atoms with van der Waals surface area (Å²) in [5.74, 6) is -1.85. The summed E-state index contributed by atoms with van der Waals surface area (Å²) in [6.45, 7) is 0.162. The van der Waals surface area contributed by atoms with E-state index in [0.29, 0.717) is 6.42 Å². The molecule has 1 aromatic heterocycles. The number of nitrogens with zero attached hydrogens (tertiary/aromatic N) is 1. The van der Waals surface area contributed by atoms with Crippen molar-refractivity contribution in [3.63, 3.8) is 0 Å². The second-order valence-corrected chi connectivity index (χ2v) is 9.67. The molecule has 0 bridgehead atoms. The highest BCUT2D eigenvalue weighted by molar-refractivity contribution is 5.95. The van der Waals surface area contributed by atoms with E-state index in [0.717, 1.165) is 21.9 Å². The fourth-order valence-electron chi connectivity index (χ4n) is 4.53. The van der Waals surface area contributed by atoms with Gasteiger partial charge in [0.2, 0.25) is 23.6 Å². The molecular formula is C32H34N4O5. The van der Waals surface area contributed by atoms with E-state index in [9.17, 15) is 19.2 Å². The Hall–Kier alpha value is -4.76. The number of carbonyl (C=O) groups excluding carboxylic acids is 4. The number of amides is 3. The molecular weight excluding hydrogens is 520 g/mol. The molecule has 212 valence electrons. The van der Waals surface area contributed by atoms with Gasteiger partial charge >= 0.3 is 0 Å². The van der Waals surface area contributed by atoms with Crippen molar-refractivity contribution in [3.05, 3.63) is 108 Å². The van der Waals surface area contributed by atoms with Crippen LogP contribution in [0.25, 0.3) is 10.8 Å². The lowest BCUT2D eigenvalue weighted by Gasteiger charge is -2.23. The standard InChI is InChI=1S/C32H34N4O5/c1-41-22-28(31(39)33-21-25-14-9-13-24-12-5-6-15-26(24)25)35-32(40)27(20-30(38)36-18-7-8-19-36)34-29(37)17-16-23-10-3-2-4-11-23/h2-15,18-19,27-28H,16-17,20-22H2,1H3,(H,33,39)(H,34,37)(H,35,40)/t27-,28-/m0/s1. The second-order valence-electron chi connectivity index (χ2n) is 9.67. The van der Waals surface area contributed by atoms with E-state index in [-0.39, 0.29) is 37.8 Å². The lowest BCUT2D eigenvalue weighted by atomic mass is 10.0. The molecule has 3 aromatic carbocycles. The summed E-state index contributed by atoms with van der Waals surface area (Å²) in [4.78, 5) is 52.1. The summed E-state index contributed by atoms with van der Waals surface area (Å²) < 4.78 is 6.55. The van der Waals surface area contributed by atoms with E-state index in [4.69, 9.17) is 4.74 Å². The molecule has 4 rings (SSSR count). The topological polar surface area (TPSA) is 119 Å². The second kappa shape index (κ2) is 14.6. The maximum absolute atomic E-state index is 13.4. The zero-order valence-electron chi connectivity index (χ0n) is 22.9. The Morgan fingerprint density at radius 1 is 0.780 bits per heavy atom. The van der Waals surface area contributed by atoms with E-state index in [1.54, 1.807) is 24.5 Å². The van der Waals surface area contributed by atoms with Crippen LogP contribution in [0.5, 0.6) is 0 Å². The SMILES string of the molecule is COC[C@H](NC(=O)[C@H](CC(=O)n1cccc1)NC(=O)CCc1ccccc1)C(=O)NCc1cccc2ccccc12. The largest absolute Gasteiger partial charge is 0.382 e. The minimum atomic E-state index is -1.18. The highest BCUT2D eigenvalue weighted by Gasteiger charge is 2.29. The Labute approximate surface area is 238 Å². The number of hydrogen-bond acceptors (Lipinski definition) is 5. The van der Waals surface area contributed by atoms with E-state index in [2.05, 4.69) is 16.0 Å². The minimum Gasteiger partial charge on any atom is -0.382 e. The van der Waals surface area contributed by atoms with Gasteiger partial charge in [-0.05, 0) is 40.5 Å². The number of aromatic nitrogens is 1. The first kappa shape index (κ1) is 29.2. The number of methoxy groups -OCH3 is 1. The molecule has 9 nitrogen and oxygen atoms in total. The van der Waals surface area contributed by atoms with Gasteiger partial charge in [0, 0.05) is 32.5 Å². The van der Waals surface area contributed by atoms with Crippen molar-refractivity contribution in [2.75, 3.05) is 13.7 Å². The maximum atomic E-state index is 13.4. The molecule has 0 aliphatic heterocycles. The number of rotatable bonds is 13. The average molecular weight is 555 g/mol. The van der Waals surface area contributed by atoms with Crippen molar-refractivity contribution in [2.24, 2.45) is 0 Å². The van der Waals surface area contributed by atoms with Gasteiger partial charge in [-0.3, -0.25) is 23.7 Å². The summed E-state index contributed by atoms with van der Waals surface area (Å²) >= 11 is 0. The van der Waals surface area contributed by atoms with E-state index in [1.807, 2.05) is 72.8 Å². The molecule has 0 radical (unpaired) electrons. The molecule has 1 heterocycles. The molecule has 0 spiro atoms. The average Bonchev–Trinajstić information content (AvgIpc) is 3.54. The zero-order chi connectivity index (χ0) is 29.0. The molecule has 0 fully saturated rings. The highest BCUT2D eigenvalue weighted by Crippen LogP contribution is 2.18. The number of nitrogens with one attached hydrogen (secondary N) is 3. The molecule has 0 unspecified atom stereocenters. The predicted molar refractivity (Wildman–Crippen MR) is 156 cm³/mol. The first-order valence-corrected chi connectivity index (χ1v) is 13.5. The van der Waals surface area contributed by atoms with Gasteiger partial charge in [-0.2, -0.15) is 0 Å². The van der Waals surface area contributed by atoms with Crippen molar-refractivity contribution >= 4 is 34.4 Å². The molecule has 9 heteroatoms. The van der Waals surface area contributed by atoms with Crippen LogP contribution < -0.4 is 16.0 Å². The van der Waals surface area contributed by atoms with Crippen LogP contribution in [0.4, 0.5) is 0 Å². The van der Waals surface area contributed by atoms with Gasteiger partial charge in [-0.15, -0.1) is 0 Å². The van der Waals surface area contributed by atoms with Crippen molar-refractivity contribution in [2.45, 2.75) is 37.9 Å². The third-order valence-corrected chi connectivity index (χ3v) is 6.71. The lowest BCUT2D eigenvalue weighted by molar-refractivity contribution is -0.133. The summed E-state index contributed by atoms with van der Waals surface area (Å²) in [5, 5.41) is 10.3. The van der Waals surface area contributed by atoms with Gasteiger partial charge in [0.1, 0.15) is 12.1 Å². The van der Waals surface area contributed by atoms with Gasteiger partial charge in [-0.25, -0.2) is 0 Å². The Balaban J connectivity index is 1.42. The molecule has 2 atom stereocenters. The van der Waals surface area contributed by atoms with Crippen LogP contribution in [0.3, 0.4) is 0 Å². The monoisotopic (exact) mass is 554 g/mol. The normalized spacial score (nSPS) is 12.3. The molecule has 0 saturated heterocycles. The van der Waals surface area contributed by atoms with E-state index < -0.39 is 23.9 Å². The lowest BCUT2D eigenvalue weighted by Crippen LogP contribution is -2.55. The smallest absolute Gasteiger partial charge is 0.245 e. The Kier molecular flexibility index (Phi) is 10.4. The van der Waals surface area contributed by atoms with Crippen molar-refractivity contribution in [1.82, 2.24) is 20.5 Å². The molecule has 4 aromatic rings. The fourth-order valence-corrected chi connectivity index (χ4v) is 4.53. The highest BCUT2D eigenvalue weighted by atomic mass is 16.5. The van der Waals surface area contributed by atoms with Crippen LogP contribution in [0.2, 0.25) is 0 Å². The number of carbonyl (C=O) groups is 4. The van der Waals surface area contributed by atoms with Crippen LogP contribution in [0, 0.1) is 0 Å². The van der Waals surface area contributed by atoms with E-state index >= 15 is 0 Å². The van der Waals surface area contributed by atoms with Gasteiger partial charge in [0.05, 0.1) is 13.0 Å². The molecule has 0 aliphatic carbocycles. The van der Waals surface area contributed by atoms with Crippen molar-refractivity contribution < 1.29 is 23.9 Å². The van der Waals surface area contributed by atoms with Crippen molar-refractivity contribution in [1.29, 1.82) is 0 Å². The Morgan fingerprint density at radius 2 is 1.49 bits per heavy atom. The molecule has 0 saturated carbocycles. The Morgan fingerprint density at radius 3 is 2.24 bits per heavy atom. The quantitative estimate of drug-likeness (QED) is 0.235. The number of ether oxygens (including phenoxy) is 1. The first-order chi connectivity index (χ1) is 19.9. The molecule has 3 amide bonds. The maximum Gasteiger partial charge on any atom is 0.245 e. The van der Waals surface area contributed by atoms with Crippen LogP contribution in [0.1, 0.15) is 28.8 Å². The van der Waals surface area contributed by atoms with Gasteiger partial charge in [-0.1, -0.05) is 72.8 Å². The summed E-state index contributed by atoms with van der Waals surface area (Å²) in [7, 11) is 1.43. The van der Waals surface area contributed by atoms with Gasteiger partial charge in [0.15, 0.2) is 0 Å². The summed E-state index contributed by atoms with van der Waals surface area (Å²) in [5.41, 5.74) is 1.91.